The van der Waals surface area contributed by atoms with E-state index in [0.29, 0.717) is 5.41 Å². The van der Waals surface area contributed by atoms with Crippen molar-refractivity contribution in [2.45, 2.75) is 34.1 Å². The second-order valence-electron chi connectivity index (χ2n) is 3.83. The third kappa shape index (κ3) is 2.70. The zero-order valence-electron chi connectivity index (χ0n) is 7.99. The molecule has 0 aromatic carbocycles. The van der Waals surface area contributed by atoms with Crippen LogP contribution in [0.3, 0.4) is 0 Å². The van der Waals surface area contributed by atoms with Crippen LogP contribution in [-0.2, 0) is 0 Å². The van der Waals surface area contributed by atoms with Crippen molar-refractivity contribution in [3.8, 4) is 0 Å². The number of rotatable bonds is 4. The van der Waals surface area contributed by atoms with Crippen LogP contribution in [-0.4, -0.2) is 13.6 Å². The summed E-state index contributed by atoms with van der Waals surface area (Å²) in [5.74, 6) is 0.806. The number of nitrogens with one attached hydrogen (secondary N) is 1. The molecule has 62 valence electrons. The van der Waals surface area contributed by atoms with Gasteiger partial charge in [-0.25, -0.2) is 0 Å². The highest BCUT2D eigenvalue weighted by molar-refractivity contribution is 4.75. The molecule has 0 heterocycles. The highest BCUT2D eigenvalue weighted by atomic mass is 14.8. The lowest BCUT2D eigenvalue weighted by Crippen LogP contribution is -2.32. The highest BCUT2D eigenvalue weighted by Gasteiger charge is 2.22. The van der Waals surface area contributed by atoms with E-state index in [0.717, 1.165) is 12.5 Å². The van der Waals surface area contributed by atoms with Crippen molar-refractivity contribution in [3.63, 3.8) is 0 Å². The van der Waals surface area contributed by atoms with Crippen LogP contribution in [0.25, 0.3) is 0 Å². The Kier molecular flexibility index (Phi) is 3.95. The molecule has 0 radical (unpaired) electrons. The predicted octanol–water partition coefficient (Wildman–Crippen LogP) is 2.28. The summed E-state index contributed by atoms with van der Waals surface area (Å²) in [5.41, 5.74) is 0.448. The molecule has 0 spiro atoms. The molecule has 1 atom stereocenters. The second kappa shape index (κ2) is 3.97. The summed E-state index contributed by atoms with van der Waals surface area (Å²) in [6, 6.07) is 0. The smallest absolute Gasteiger partial charge is 0.000206 e. The second-order valence-corrected chi connectivity index (χ2v) is 3.83. The minimum atomic E-state index is 0.448. The Bertz CT molecular complexity index is 86.7. The Hall–Kier alpha value is -0.0400. The molecule has 0 amide bonds. The minimum absolute atomic E-state index is 0.448. The van der Waals surface area contributed by atoms with E-state index in [4.69, 9.17) is 0 Å². The third-order valence-corrected chi connectivity index (χ3v) is 2.58. The van der Waals surface area contributed by atoms with E-state index in [1.165, 1.54) is 6.42 Å². The van der Waals surface area contributed by atoms with Crippen molar-refractivity contribution in [1.29, 1.82) is 0 Å². The maximum Gasteiger partial charge on any atom is 0.000206 e. The van der Waals surface area contributed by atoms with Crippen molar-refractivity contribution >= 4 is 0 Å². The molecule has 0 fully saturated rings. The standard InChI is InChI=1S/C9H21N/c1-6-8(2)9(3,4)7-10-5/h8,10H,6-7H2,1-5H3. The van der Waals surface area contributed by atoms with Gasteiger partial charge in [0, 0.05) is 6.54 Å². The summed E-state index contributed by atoms with van der Waals surface area (Å²) < 4.78 is 0. The van der Waals surface area contributed by atoms with E-state index in [2.05, 4.69) is 33.0 Å². The Morgan fingerprint density at radius 2 is 1.90 bits per heavy atom. The quantitative estimate of drug-likeness (QED) is 0.636. The minimum Gasteiger partial charge on any atom is -0.319 e. The molecule has 0 aliphatic rings. The monoisotopic (exact) mass is 143 g/mol. The Morgan fingerprint density at radius 1 is 1.40 bits per heavy atom. The van der Waals surface area contributed by atoms with Crippen molar-refractivity contribution < 1.29 is 0 Å². The lowest BCUT2D eigenvalue weighted by molar-refractivity contribution is 0.220. The summed E-state index contributed by atoms with van der Waals surface area (Å²) in [4.78, 5) is 0. The summed E-state index contributed by atoms with van der Waals surface area (Å²) in [6.07, 6.45) is 1.27. The van der Waals surface area contributed by atoms with E-state index in [9.17, 15) is 0 Å². The molecule has 0 aliphatic carbocycles. The van der Waals surface area contributed by atoms with E-state index in [1.807, 2.05) is 7.05 Å². The maximum atomic E-state index is 3.22. The average Bonchev–Trinajstić information content (AvgIpc) is 1.86. The van der Waals surface area contributed by atoms with Crippen molar-refractivity contribution in [2.24, 2.45) is 11.3 Å². The molecule has 1 N–H and O–H groups in total. The molecular weight excluding hydrogens is 122 g/mol. The Labute approximate surface area is 65.2 Å². The molecular formula is C9H21N. The van der Waals surface area contributed by atoms with Gasteiger partial charge in [-0.2, -0.15) is 0 Å². The third-order valence-electron chi connectivity index (χ3n) is 2.58. The van der Waals surface area contributed by atoms with Crippen LogP contribution in [0.2, 0.25) is 0 Å². The number of hydrogen-bond acceptors (Lipinski definition) is 1. The summed E-state index contributed by atoms with van der Waals surface area (Å²) in [5, 5.41) is 3.22. The molecule has 0 aromatic heterocycles. The van der Waals surface area contributed by atoms with Gasteiger partial charge in [0.1, 0.15) is 0 Å². The first-order chi connectivity index (χ1) is 4.54. The van der Waals surface area contributed by atoms with E-state index in [1.54, 1.807) is 0 Å². The fourth-order valence-corrected chi connectivity index (χ4v) is 1.18. The van der Waals surface area contributed by atoms with Gasteiger partial charge in [0.25, 0.3) is 0 Å². The first-order valence-electron chi connectivity index (χ1n) is 4.19. The molecule has 0 saturated heterocycles. The van der Waals surface area contributed by atoms with Crippen LogP contribution in [0.15, 0.2) is 0 Å². The van der Waals surface area contributed by atoms with Gasteiger partial charge in [-0.1, -0.05) is 34.1 Å². The van der Waals surface area contributed by atoms with Gasteiger partial charge < -0.3 is 5.32 Å². The predicted molar refractivity (Wildman–Crippen MR) is 47.2 cm³/mol. The zero-order valence-corrected chi connectivity index (χ0v) is 7.99. The van der Waals surface area contributed by atoms with Crippen molar-refractivity contribution in [2.75, 3.05) is 13.6 Å². The summed E-state index contributed by atoms with van der Waals surface area (Å²) in [7, 11) is 2.02. The van der Waals surface area contributed by atoms with E-state index in [-0.39, 0.29) is 0 Å². The molecule has 0 aromatic rings. The Morgan fingerprint density at radius 3 is 2.20 bits per heavy atom. The molecule has 0 bridgehead atoms. The van der Waals surface area contributed by atoms with Crippen LogP contribution >= 0.6 is 0 Å². The van der Waals surface area contributed by atoms with Crippen LogP contribution < -0.4 is 5.32 Å². The largest absolute Gasteiger partial charge is 0.319 e. The first-order valence-corrected chi connectivity index (χ1v) is 4.19. The molecule has 0 aliphatic heterocycles. The van der Waals surface area contributed by atoms with Crippen LogP contribution in [0.5, 0.6) is 0 Å². The SMILES string of the molecule is CCC(C)C(C)(C)CNC. The van der Waals surface area contributed by atoms with Gasteiger partial charge in [0.15, 0.2) is 0 Å². The summed E-state index contributed by atoms with van der Waals surface area (Å²) >= 11 is 0. The van der Waals surface area contributed by atoms with E-state index >= 15 is 0 Å². The molecule has 1 unspecified atom stereocenters. The van der Waals surface area contributed by atoms with E-state index < -0.39 is 0 Å². The fourth-order valence-electron chi connectivity index (χ4n) is 1.18. The highest BCUT2D eigenvalue weighted by Crippen LogP contribution is 2.27. The number of hydrogen-bond donors (Lipinski definition) is 1. The van der Waals surface area contributed by atoms with Gasteiger partial charge in [-0.05, 0) is 18.4 Å². The van der Waals surface area contributed by atoms with Crippen LogP contribution in [0.1, 0.15) is 34.1 Å². The van der Waals surface area contributed by atoms with Gasteiger partial charge in [-0.15, -0.1) is 0 Å². The molecule has 0 saturated carbocycles. The first kappa shape index (κ1) is 9.96. The normalized spacial score (nSPS) is 15.3. The average molecular weight is 143 g/mol. The van der Waals surface area contributed by atoms with Gasteiger partial charge >= 0.3 is 0 Å². The topological polar surface area (TPSA) is 12.0 Å². The van der Waals surface area contributed by atoms with Crippen LogP contribution in [0, 0.1) is 11.3 Å². The van der Waals surface area contributed by atoms with Crippen LogP contribution in [0.4, 0.5) is 0 Å². The van der Waals surface area contributed by atoms with Gasteiger partial charge in [0.2, 0.25) is 0 Å². The molecule has 1 heteroatoms. The molecule has 1 nitrogen and oxygen atoms in total. The molecule has 10 heavy (non-hydrogen) atoms. The van der Waals surface area contributed by atoms with Gasteiger partial charge in [-0.3, -0.25) is 0 Å². The fraction of sp³-hybridized carbons (Fsp3) is 1.00. The van der Waals surface area contributed by atoms with Crippen molar-refractivity contribution in [3.05, 3.63) is 0 Å². The van der Waals surface area contributed by atoms with Gasteiger partial charge in [0.05, 0.1) is 0 Å². The maximum absolute atomic E-state index is 3.22. The Balaban J connectivity index is 3.82. The van der Waals surface area contributed by atoms with Crippen molar-refractivity contribution in [1.82, 2.24) is 5.32 Å². The lowest BCUT2D eigenvalue weighted by Gasteiger charge is -2.30. The zero-order chi connectivity index (χ0) is 8.20. The lowest BCUT2D eigenvalue weighted by atomic mass is 9.78. The molecule has 0 rings (SSSR count). The summed E-state index contributed by atoms with van der Waals surface area (Å²) in [6.45, 7) is 10.3.